The third kappa shape index (κ3) is 5.11. The third-order valence-corrected chi connectivity index (χ3v) is 4.80. The van der Waals surface area contributed by atoms with Crippen molar-refractivity contribution in [1.82, 2.24) is 9.88 Å². The van der Waals surface area contributed by atoms with E-state index in [0.29, 0.717) is 11.4 Å². The minimum absolute atomic E-state index is 0.0429. The molecule has 1 aromatic heterocycles. The Kier molecular flexibility index (Phi) is 6.27. The Hall–Kier alpha value is -2.25. The molecular weight excluding hydrogens is 336 g/mol. The molecule has 2 aromatic rings. The van der Waals surface area contributed by atoms with Crippen LogP contribution >= 0.6 is 11.3 Å². The smallest absolute Gasteiger partial charge is 0.238 e. The summed E-state index contributed by atoms with van der Waals surface area (Å²) in [5, 5.41) is 6.60. The second-order valence-corrected chi connectivity index (χ2v) is 7.45. The van der Waals surface area contributed by atoms with E-state index in [1.165, 1.54) is 11.8 Å². The Morgan fingerprint density at radius 1 is 1.20 bits per heavy atom. The molecule has 1 unspecified atom stereocenters. The van der Waals surface area contributed by atoms with Crippen molar-refractivity contribution < 1.29 is 9.59 Å². The highest BCUT2D eigenvalue weighted by atomic mass is 32.1. The van der Waals surface area contributed by atoms with Gasteiger partial charge in [0.25, 0.3) is 0 Å². The van der Waals surface area contributed by atoms with Crippen molar-refractivity contribution in [3.63, 3.8) is 0 Å². The molecule has 1 atom stereocenters. The number of hydrogen-bond donors (Lipinski definition) is 2. The van der Waals surface area contributed by atoms with Crippen LogP contribution in [0.25, 0.3) is 0 Å². The SMILES string of the molecule is CC(=O)Nc1ccccc1NC(=O)CN(C)C(C)c1nc(C)sc1C. The lowest BCUT2D eigenvalue weighted by atomic mass is 10.2. The normalized spacial score (nSPS) is 12.1. The van der Waals surface area contributed by atoms with E-state index in [2.05, 4.69) is 15.6 Å². The van der Waals surface area contributed by atoms with E-state index in [4.69, 9.17) is 0 Å². The van der Waals surface area contributed by atoms with Gasteiger partial charge in [0, 0.05) is 11.8 Å². The number of benzene rings is 1. The lowest BCUT2D eigenvalue weighted by Gasteiger charge is -2.23. The van der Waals surface area contributed by atoms with E-state index in [0.717, 1.165) is 10.7 Å². The summed E-state index contributed by atoms with van der Waals surface area (Å²) < 4.78 is 0. The molecule has 2 amide bonds. The van der Waals surface area contributed by atoms with Crippen LogP contribution in [0.2, 0.25) is 0 Å². The fourth-order valence-electron chi connectivity index (χ4n) is 2.59. The standard InChI is InChI=1S/C18H24N4O2S/c1-11(18-12(2)25-14(4)20-18)22(5)10-17(24)21-16-9-7-6-8-15(16)19-13(3)23/h6-9,11H,10H2,1-5H3,(H,19,23)(H,21,24). The van der Waals surface area contributed by atoms with E-state index in [1.807, 2.05) is 44.9 Å². The number of hydrogen-bond acceptors (Lipinski definition) is 5. The van der Waals surface area contributed by atoms with E-state index in [1.54, 1.807) is 23.5 Å². The summed E-state index contributed by atoms with van der Waals surface area (Å²) in [5.74, 6) is -0.321. The highest BCUT2D eigenvalue weighted by molar-refractivity contribution is 7.11. The molecule has 0 saturated carbocycles. The maximum atomic E-state index is 12.4. The summed E-state index contributed by atoms with van der Waals surface area (Å²) in [4.78, 5) is 31.4. The van der Waals surface area contributed by atoms with Gasteiger partial charge in [0.05, 0.1) is 34.7 Å². The zero-order valence-electron chi connectivity index (χ0n) is 15.2. The number of carbonyl (C=O) groups is 2. The van der Waals surface area contributed by atoms with Gasteiger partial charge in [-0.25, -0.2) is 4.98 Å². The number of rotatable bonds is 6. The molecule has 0 aliphatic rings. The maximum Gasteiger partial charge on any atom is 0.238 e. The number of likely N-dealkylation sites (N-methyl/N-ethyl adjacent to an activating group) is 1. The number of nitrogens with zero attached hydrogens (tertiary/aromatic N) is 2. The molecule has 7 heteroatoms. The van der Waals surface area contributed by atoms with Gasteiger partial charge in [0.2, 0.25) is 11.8 Å². The predicted molar refractivity (Wildman–Crippen MR) is 102 cm³/mol. The lowest BCUT2D eigenvalue weighted by Crippen LogP contribution is -2.32. The number of nitrogens with one attached hydrogen (secondary N) is 2. The molecule has 2 rings (SSSR count). The van der Waals surface area contributed by atoms with Crippen LogP contribution < -0.4 is 10.6 Å². The molecule has 0 spiro atoms. The van der Waals surface area contributed by atoms with Crippen molar-refractivity contribution in [3.8, 4) is 0 Å². The van der Waals surface area contributed by atoms with Gasteiger partial charge in [0.15, 0.2) is 0 Å². The van der Waals surface area contributed by atoms with Crippen molar-refractivity contribution in [1.29, 1.82) is 0 Å². The molecule has 0 saturated heterocycles. The van der Waals surface area contributed by atoms with E-state index < -0.39 is 0 Å². The minimum atomic E-state index is -0.179. The van der Waals surface area contributed by atoms with Crippen molar-refractivity contribution >= 4 is 34.5 Å². The van der Waals surface area contributed by atoms with Crippen LogP contribution in [-0.2, 0) is 9.59 Å². The van der Waals surface area contributed by atoms with Crippen LogP contribution in [-0.4, -0.2) is 35.3 Å². The van der Waals surface area contributed by atoms with Crippen LogP contribution in [0.5, 0.6) is 0 Å². The number of carbonyl (C=O) groups excluding carboxylic acids is 2. The molecular formula is C18H24N4O2S. The molecule has 1 heterocycles. The first-order valence-corrected chi connectivity index (χ1v) is 8.90. The molecule has 2 N–H and O–H groups in total. The Labute approximate surface area is 152 Å². The van der Waals surface area contributed by atoms with Gasteiger partial charge in [-0.1, -0.05) is 12.1 Å². The molecule has 0 aliphatic heterocycles. The number of anilines is 2. The van der Waals surface area contributed by atoms with E-state index in [-0.39, 0.29) is 24.4 Å². The first kappa shape index (κ1) is 19.1. The predicted octanol–water partition coefficient (Wildman–Crippen LogP) is 3.35. The highest BCUT2D eigenvalue weighted by Gasteiger charge is 2.20. The highest BCUT2D eigenvalue weighted by Crippen LogP contribution is 2.26. The van der Waals surface area contributed by atoms with E-state index >= 15 is 0 Å². The molecule has 0 aliphatic carbocycles. The molecule has 134 valence electrons. The molecule has 1 aromatic carbocycles. The van der Waals surface area contributed by atoms with Gasteiger partial charge in [-0.3, -0.25) is 14.5 Å². The van der Waals surface area contributed by atoms with Crippen LogP contribution in [0.3, 0.4) is 0 Å². The number of aryl methyl sites for hydroxylation is 2. The summed E-state index contributed by atoms with van der Waals surface area (Å²) in [6, 6.07) is 7.18. The number of para-hydroxylation sites is 2. The van der Waals surface area contributed by atoms with Crippen molar-refractivity contribution in [2.45, 2.75) is 33.7 Å². The Morgan fingerprint density at radius 2 is 1.80 bits per heavy atom. The topological polar surface area (TPSA) is 74.3 Å². The zero-order valence-corrected chi connectivity index (χ0v) is 16.0. The minimum Gasteiger partial charge on any atom is -0.325 e. The Balaban J connectivity index is 2.02. The van der Waals surface area contributed by atoms with E-state index in [9.17, 15) is 9.59 Å². The number of amides is 2. The third-order valence-electron chi connectivity index (χ3n) is 3.90. The van der Waals surface area contributed by atoms with Crippen LogP contribution in [0.15, 0.2) is 24.3 Å². The maximum absolute atomic E-state index is 12.4. The second kappa shape index (κ2) is 8.22. The van der Waals surface area contributed by atoms with Crippen LogP contribution in [0.4, 0.5) is 11.4 Å². The van der Waals surface area contributed by atoms with Crippen molar-refractivity contribution in [3.05, 3.63) is 39.8 Å². The van der Waals surface area contributed by atoms with Crippen LogP contribution in [0.1, 0.15) is 35.5 Å². The zero-order chi connectivity index (χ0) is 18.6. The summed E-state index contributed by atoms with van der Waals surface area (Å²) in [5.41, 5.74) is 2.19. The molecule has 0 bridgehead atoms. The Morgan fingerprint density at radius 3 is 2.32 bits per heavy atom. The fourth-order valence-corrected chi connectivity index (χ4v) is 3.49. The largest absolute Gasteiger partial charge is 0.325 e. The van der Waals surface area contributed by atoms with Gasteiger partial charge < -0.3 is 10.6 Å². The summed E-state index contributed by atoms with van der Waals surface area (Å²) >= 11 is 1.67. The first-order chi connectivity index (χ1) is 11.8. The summed E-state index contributed by atoms with van der Waals surface area (Å²) in [6.07, 6.45) is 0. The monoisotopic (exact) mass is 360 g/mol. The molecule has 25 heavy (non-hydrogen) atoms. The fraction of sp³-hybridized carbons (Fsp3) is 0.389. The van der Waals surface area contributed by atoms with Crippen molar-refractivity contribution in [2.24, 2.45) is 0 Å². The van der Waals surface area contributed by atoms with Gasteiger partial charge in [0.1, 0.15) is 0 Å². The quantitative estimate of drug-likeness (QED) is 0.828. The van der Waals surface area contributed by atoms with Gasteiger partial charge in [-0.05, 0) is 40.0 Å². The number of thiazole rings is 1. The summed E-state index contributed by atoms with van der Waals surface area (Å²) in [6.45, 7) is 7.74. The molecule has 0 fully saturated rings. The number of aromatic nitrogens is 1. The second-order valence-electron chi connectivity index (χ2n) is 6.04. The average Bonchev–Trinajstić information content (AvgIpc) is 2.86. The van der Waals surface area contributed by atoms with Gasteiger partial charge >= 0.3 is 0 Å². The van der Waals surface area contributed by atoms with Gasteiger partial charge in [-0.2, -0.15) is 0 Å². The lowest BCUT2D eigenvalue weighted by molar-refractivity contribution is -0.117. The average molecular weight is 360 g/mol. The first-order valence-electron chi connectivity index (χ1n) is 8.08. The van der Waals surface area contributed by atoms with Crippen molar-refractivity contribution in [2.75, 3.05) is 24.2 Å². The molecule has 6 nitrogen and oxygen atoms in total. The summed E-state index contributed by atoms with van der Waals surface area (Å²) in [7, 11) is 1.90. The Bertz CT molecular complexity index is 772. The molecule has 0 radical (unpaired) electrons. The van der Waals surface area contributed by atoms with Gasteiger partial charge in [-0.15, -0.1) is 11.3 Å². The van der Waals surface area contributed by atoms with Crippen LogP contribution in [0, 0.1) is 13.8 Å².